The van der Waals surface area contributed by atoms with Crippen molar-refractivity contribution in [3.05, 3.63) is 27.7 Å². The van der Waals surface area contributed by atoms with Gasteiger partial charge in [0.25, 0.3) is 5.91 Å². The molecule has 0 aliphatic heterocycles. The van der Waals surface area contributed by atoms with Crippen LogP contribution in [0.3, 0.4) is 0 Å². The number of nitrogen functional groups attached to an aromatic ring is 1. The first-order valence-electron chi connectivity index (χ1n) is 5.94. The van der Waals surface area contributed by atoms with E-state index in [4.69, 9.17) is 28.9 Å². The van der Waals surface area contributed by atoms with Crippen LogP contribution in [0.5, 0.6) is 0 Å². The predicted molar refractivity (Wildman–Crippen MR) is 77.3 cm³/mol. The van der Waals surface area contributed by atoms with E-state index in [9.17, 15) is 4.79 Å². The molecule has 0 saturated heterocycles. The summed E-state index contributed by atoms with van der Waals surface area (Å²) in [5.41, 5.74) is 6.42. The van der Waals surface area contributed by atoms with Gasteiger partial charge in [0.1, 0.15) is 0 Å². The number of hydrogen-bond donors (Lipinski definition) is 1. The molecule has 0 aromatic heterocycles. The summed E-state index contributed by atoms with van der Waals surface area (Å²) in [6, 6.07) is 3.33. The average Bonchev–Trinajstić information content (AvgIpc) is 2.35. The fourth-order valence-electron chi connectivity index (χ4n) is 1.91. The molecule has 5 heteroatoms. The maximum atomic E-state index is 12.3. The third-order valence-corrected chi connectivity index (χ3v) is 3.76. The summed E-state index contributed by atoms with van der Waals surface area (Å²) in [5.74, 6) is -0.0903. The van der Waals surface area contributed by atoms with Crippen LogP contribution in [0.25, 0.3) is 0 Å². The zero-order valence-corrected chi connectivity index (χ0v) is 12.3. The molecule has 2 N–H and O–H groups in total. The van der Waals surface area contributed by atoms with E-state index in [0.29, 0.717) is 21.3 Å². The number of nitrogens with zero attached hydrogens (tertiary/aromatic N) is 1. The summed E-state index contributed by atoms with van der Waals surface area (Å²) in [6.07, 6.45) is 1.82. The molecule has 18 heavy (non-hydrogen) atoms. The molecule has 1 aromatic rings. The minimum atomic E-state index is -0.0903. The number of rotatable bonds is 4. The van der Waals surface area contributed by atoms with Crippen LogP contribution < -0.4 is 5.73 Å². The highest BCUT2D eigenvalue weighted by Gasteiger charge is 2.19. The van der Waals surface area contributed by atoms with Crippen LogP contribution in [0.1, 0.15) is 37.0 Å². The average molecular weight is 289 g/mol. The lowest BCUT2D eigenvalue weighted by Crippen LogP contribution is -2.36. The van der Waals surface area contributed by atoms with E-state index in [1.54, 1.807) is 24.1 Å². The molecular formula is C13H18Cl2N2O. The lowest BCUT2D eigenvalue weighted by molar-refractivity contribution is 0.0723. The summed E-state index contributed by atoms with van der Waals surface area (Å²) in [4.78, 5) is 14.0. The van der Waals surface area contributed by atoms with Crippen LogP contribution in [0.15, 0.2) is 12.1 Å². The molecule has 0 atom stereocenters. The molecule has 0 aliphatic carbocycles. The summed E-state index contributed by atoms with van der Waals surface area (Å²) in [7, 11) is 1.79. The zero-order chi connectivity index (χ0) is 13.9. The largest absolute Gasteiger partial charge is 0.396 e. The van der Waals surface area contributed by atoms with Crippen molar-refractivity contribution in [2.45, 2.75) is 32.7 Å². The van der Waals surface area contributed by atoms with Crippen LogP contribution >= 0.6 is 23.2 Å². The van der Waals surface area contributed by atoms with E-state index < -0.39 is 0 Å². The first-order valence-corrected chi connectivity index (χ1v) is 6.69. The minimum absolute atomic E-state index is 0.0903. The lowest BCUT2D eigenvalue weighted by Gasteiger charge is -2.26. The molecule has 3 nitrogen and oxygen atoms in total. The number of amides is 1. The standard InChI is InChI=1S/C13H18Cl2N2O/c1-4-9(5-2)17(3)13(18)8-6-10(14)12(16)11(15)7-8/h6-7,9H,4-5,16H2,1-3H3. The third-order valence-electron chi connectivity index (χ3n) is 3.14. The number of carbonyl (C=O) groups excluding carboxylic acids is 1. The molecule has 0 aliphatic rings. The number of carbonyl (C=O) groups is 1. The second-order valence-corrected chi connectivity index (χ2v) is 5.05. The van der Waals surface area contributed by atoms with Crippen molar-refractivity contribution in [2.75, 3.05) is 12.8 Å². The Bertz CT molecular complexity index is 422. The van der Waals surface area contributed by atoms with Crippen LogP contribution in [0, 0.1) is 0 Å². The minimum Gasteiger partial charge on any atom is -0.396 e. The fraction of sp³-hybridized carbons (Fsp3) is 0.462. The second kappa shape index (κ2) is 6.30. The topological polar surface area (TPSA) is 46.3 Å². The highest BCUT2D eigenvalue weighted by Crippen LogP contribution is 2.29. The Kier molecular flexibility index (Phi) is 5.29. The molecule has 0 radical (unpaired) electrons. The first kappa shape index (κ1) is 15.1. The Labute approximate surface area is 118 Å². The number of halogens is 2. The lowest BCUT2D eigenvalue weighted by atomic mass is 10.1. The summed E-state index contributed by atoms with van der Waals surface area (Å²) in [5, 5.41) is 0.618. The number of hydrogen-bond acceptors (Lipinski definition) is 2. The Hall–Kier alpha value is -0.930. The van der Waals surface area contributed by atoms with Crippen LogP contribution in [0.2, 0.25) is 10.0 Å². The summed E-state index contributed by atoms with van der Waals surface area (Å²) < 4.78 is 0. The molecule has 0 heterocycles. The summed E-state index contributed by atoms with van der Waals surface area (Å²) >= 11 is 11.9. The molecule has 0 fully saturated rings. The van der Waals surface area contributed by atoms with E-state index in [1.165, 1.54) is 0 Å². The van der Waals surface area contributed by atoms with Crippen molar-refractivity contribution < 1.29 is 4.79 Å². The quantitative estimate of drug-likeness (QED) is 0.856. The zero-order valence-electron chi connectivity index (χ0n) is 10.8. The molecular weight excluding hydrogens is 271 g/mol. The van der Waals surface area contributed by atoms with Crippen molar-refractivity contribution in [2.24, 2.45) is 0 Å². The maximum Gasteiger partial charge on any atom is 0.253 e. The van der Waals surface area contributed by atoms with Crippen molar-refractivity contribution in [1.82, 2.24) is 4.90 Å². The van der Waals surface area contributed by atoms with Crippen LogP contribution in [-0.4, -0.2) is 23.9 Å². The number of benzene rings is 1. The molecule has 0 bridgehead atoms. The van der Waals surface area contributed by atoms with Gasteiger partial charge in [-0.1, -0.05) is 37.0 Å². The van der Waals surface area contributed by atoms with E-state index >= 15 is 0 Å². The Morgan fingerprint density at radius 3 is 2.11 bits per heavy atom. The van der Waals surface area contributed by atoms with Crippen molar-refractivity contribution >= 4 is 34.8 Å². The van der Waals surface area contributed by atoms with Gasteiger partial charge in [0.05, 0.1) is 15.7 Å². The van der Waals surface area contributed by atoms with Crippen molar-refractivity contribution in [1.29, 1.82) is 0 Å². The third kappa shape index (κ3) is 3.09. The van der Waals surface area contributed by atoms with Crippen molar-refractivity contribution in [3.63, 3.8) is 0 Å². The second-order valence-electron chi connectivity index (χ2n) is 4.24. The fourth-order valence-corrected chi connectivity index (χ4v) is 2.40. The van der Waals surface area contributed by atoms with Gasteiger partial charge in [-0.3, -0.25) is 4.79 Å². The van der Waals surface area contributed by atoms with Crippen molar-refractivity contribution in [3.8, 4) is 0 Å². The van der Waals surface area contributed by atoms with E-state index in [0.717, 1.165) is 12.8 Å². The van der Waals surface area contributed by atoms with Crippen LogP contribution in [0.4, 0.5) is 5.69 Å². The van der Waals surface area contributed by atoms with Gasteiger partial charge < -0.3 is 10.6 Å². The van der Waals surface area contributed by atoms with Gasteiger partial charge in [-0.05, 0) is 25.0 Å². The molecule has 1 rings (SSSR count). The monoisotopic (exact) mass is 288 g/mol. The molecule has 100 valence electrons. The van der Waals surface area contributed by atoms with Gasteiger partial charge >= 0.3 is 0 Å². The number of anilines is 1. The molecule has 1 amide bonds. The Morgan fingerprint density at radius 1 is 1.28 bits per heavy atom. The van der Waals surface area contributed by atoms with Gasteiger partial charge in [0.15, 0.2) is 0 Å². The Morgan fingerprint density at radius 2 is 1.72 bits per heavy atom. The highest BCUT2D eigenvalue weighted by atomic mass is 35.5. The number of nitrogens with two attached hydrogens (primary N) is 1. The van der Waals surface area contributed by atoms with Crippen LogP contribution in [-0.2, 0) is 0 Å². The van der Waals surface area contributed by atoms with E-state index in [1.807, 2.05) is 0 Å². The van der Waals surface area contributed by atoms with Gasteiger partial charge in [-0.2, -0.15) is 0 Å². The molecule has 0 saturated carbocycles. The predicted octanol–water partition coefficient (Wildman–Crippen LogP) is 3.84. The SMILES string of the molecule is CCC(CC)N(C)C(=O)c1cc(Cl)c(N)c(Cl)c1. The maximum absolute atomic E-state index is 12.3. The molecule has 0 unspecified atom stereocenters. The normalized spacial score (nSPS) is 10.8. The van der Waals surface area contributed by atoms with Gasteiger partial charge in [0, 0.05) is 18.7 Å². The van der Waals surface area contributed by atoms with E-state index in [2.05, 4.69) is 13.8 Å². The smallest absolute Gasteiger partial charge is 0.253 e. The van der Waals surface area contributed by atoms with Gasteiger partial charge in [-0.25, -0.2) is 0 Å². The van der Waals surface area contributed by atoms with Gasteiger partial charge in [-0.15, -0.1) is 0 Å². The first-order chi connectivity index (χ1) is 8.42. The molecule has 1 aromatic carbocycles. The Balaban J connectivity index is 3.04. The molecule has 0 spiro atoms. The van der Waals surface area contributed by atoms with Gasteiger partial charge in [0.2, 0.25) is 0 Å². The summed E-state index contributed by atoms with van der Waals surface area (Å²) in [6.45, 7) is 4.11. The van der Waals surface area contributed by atoms with E-state index in [-0.39, 0.29) is 11.9 Å². The highest BCUT2D eigenvalue weighted by molar-refractivity contribution is 6.39.